The maximum Gasteiger partial charge on any atom is 0.123 e. The van der Waals surface area contributed by atoms with Crippen LogP contribution in [0.25, 0.3) is 0 Å². The summed E-state index contributed by atoms with van der Waals surface area (Å²) in [5.41, 5.74) is 1.28. The van der Waals surface area contributed by atoms with Gasteiger partial charge in [-0.3, -0.25) is 0 Å². The zero-order chi connectivity index (χ0) is 13.4. The van der Waals surface area contributed by atoms with E-state index in [1.165, 1.54) is 37.7 Å². The van der Waals surface area contributed by atoms with Crippen LogP contribution < -0.4 is 4.74 Å². The van der Waals surface area contributed by atoms with E-state index in [0.29, 0.717) is 4.83 Å². The van der Waals surface area contributed by atoms with Crippen LogP contribution in [0.5, 0.6) is 5.75 Å². The highest BCUT2D eigenvalue weighted by Gasteiger charge is 2.40. The standard InChI is InChI=1S/C16H20Br2O/c1-19-16-5-4-13(17)9-14(16)15(18)8-12-7-10-2-3-11(12)6-10/h4-5,9-12,15H,2-3,6-8H2,1H3. The van der Waals surface area contributed by atoms with Gasteiger partial charge in [0.15, 0.2) is 0 Å². The Bertz CT molecular complexity index is 460. The molecular weight excluding hydrogens is 368 g/mol. The third kappa shape index (κ3) is 2.87. The van der Waals surface area contributed by atoms with E-state index in [9.17, 15) is 0 Å². The van der Waals surface area contributed by atoms with Crippen LogP contribution in [0.2, 0.25) is 0 Å². The smallest absolute Gasteiger partial charge is 0.123 e. The number of hydrogen-bond acceptors (Lipinski definition) is 1. The second-order valence-electron chi connectivity index (χ2n) is 6.02. The molecule has 1 nitrogen and oxygen atoms in total. The van der Waals surface area contributed by atoms with Gasteiger partial charge in [-0.25, -0.2) is 0 Å². The maximum atomic E-state index is 5.50. The van der Waals surface area contributed by atoms with Crippen molar-refractivity contribution in [2.45, 2.75) is 36.9 Å². The number of methoxy groups -OCH3 is 1. The normalized spacial score (nSPS) is 30.6. The lowest BCUT2D eigenvalue weighted by molar-refractivity contribution is 0.312. The fourth-order valence-electron chi connectivity index (χ4n) is 4.01. The molecule has 0 saturated heterocycles. The molecule has 19 heavy (non-hydrogen) atoms. The van der Waals surface area contributed by atoms with Crippen molar-refractivity contribution >= 4 is 31.9 Å². The summed E-state index contributed by atoms with van der Waals surface area (Å²) < 4.78 is 6.62. The van der Waals surface area contributed by atoms with E-state index in [1.807, 2.05) is 6.07 Å². The highest BCUT2D eigenvalue weighted by atomic mass is 79.9. The molecule has 2 aliphatic carbocycles. The van der Waals surface area contributed by atoms with Gasteiger partial charge in [-0.15, -0.1) is 0 Å². The van der Waals surface area contributed by atoms with Gasteiger partial charge < -0.3 is 4.74 Å². The first-order valence-electron chi connectivity index (χ1n) is 7.15. The van der Waals surface area contributed by atoms with Crippen molar-refractivity contribution in [2.24, 2.45) is 17.8 Å². The molecule has 0 heterocycles. The Morgan fingerprint density at radius 3 is 2.79 bits per heavy atom. The van der Waals surface area contributed by atoms with Gasteiger partial charge in [0, 0.05) is 14.9 Å². The molecule has 2 saturated carbocycles. The average Bonchev–Trinajstić information content (AvgIpc) is 3.01. The van der Waals surface area contributed by atoms with Crippen molar-refractivity contribution in [1.29, 1.82) is 0 Å². The number of halogens is 2. The summed E-state index contributed by atoms with van der Waals surface area (Å²) in [5, 5.41) is 0. The minimum atomic E-state index is 0.407. The molecule has 2 aliphatic rings. The maximum absolute atomic E-state index is 5.50. The molecule has 0 radical (unpaired) electrons. The van der Waals surface area contributed by atoms with Crippen LogP contribution in [0.1, 0.15) is 42.5 Å². The van der Waals surface area contributed by atoms with Gasteiger partial charge in [-0.1, -0.05) is 38.3 Å². The largest absolute Gasteiger partial charge is 0.496 e. The summed E-state index contributed by atoms with van der Waals surface area (Å²) in [6.45, 7) is 0. The number of ether oxygens (including phenoxy) is 1. The number of hydrogen-bond donors (Lipinski definition) is 0. The number of benzene rings is 1. The lowest BCUT2D eigenvalue weighted by atomic mass is 9.84. The van der Waals surface area contributed by atoms with Gasteiger partial charge in [0.25, 0.3) is 0 Å². The molecule has 104 valence electrons. The second kappa shape index (κ2) is 5.77. The molecule has 4 atom stereocenters. The van der Waals surface area contributed by atoms with Crippen molar-refractivity contribution in [1.82, 2.24) is 0 Å². The molecule has 0 aliphatic heterocycles. The SMILES string of the molecule is COc1ccc(Br)cc1C(Br)CC1CC2CCC1C2. The third-order valence-corrected chi connectivity index (χ3v) is 6.28. The van der Waals surface area contributed by atoms with E-state index in [0.717, 1.165) is 28.0 Å². The first-order valence-corrected chi connectivity index (χ1v) is 8.85. The summed E-state index contributed by atoms with van der Waals surface area (Å²) in [6.07, 6.45) is 7.12. The van der Waals surface area contributed by atoms with Crippen molar-refractivity contribution < 1.29 is 4.74 Å². The van der Waals surface area contributed by atoms with Crippen LogP contribution in [0.3, 0.4) is 0 Å². The second-order valence-corrected chi connectivity index (χ2v) is 8.05. The Morgan fingerprint density at radius 2 is 2.16 bits per heavy atom. The Hall–Kier alpha value is -0.0200. The first kappa shape index (κ1) is 13.9. The number of rotatable bonds is 4. The molecule has 2 bridgehead atoms. The molecule has 1 aromatic carbocycles. The quantitative estimate of drug-likeness (QED) is 0.600. The Kier molecular flexibility index (Phi) is 4.23. The predicted molar refractivity (Wildman–Crippen MR) is 85.9 cm³/mol. The number of alkyl halides is 1. The van der Waals surface area contributed by atoms with Crippen molar-refractivity contribution in [3.05, 3.63) is 28.2 Å². The highest BCUT2D eigenvalue weighted by molar-refractivity contribution is 9.10. The summed E-state index contributed by atoms with van der Waals surface area (Å²) in [5.74, 6) is 3.92. The van der Waals surface area contributed by atoms with Crippen LogP contribution in [-0.2, 0) is 0 Å². The van der Waals surface area contributed by atoms with Crippen molar-refractivity contribution in [2.75, 3.05) is 7.11 Å². The lowest BCUT2D eigenvalue weighted by Crippen LogP contribution is -2.12. The first-order chi connectivity index (χ1) is 9.17. The summed E-state index contributed by atoms with van der Waals surface area (Å²) >= 11 is 7.46. The summed E-state index contributed by atoms with van der Waals surface area (Å²) in [6, 6.07) is 6.28. The van der Waals surface area contributed by atoms with Gasteiger partial charge in [0.2, 0.25) is 0 Å². The fourth-order valence-corrected chi connectivity index (χ4v) is 5.22. The van der Waals surface area contributed by atoms with Crippen LogP contribution in [0, 0.1) is 17.8 Å². The van der Waals surface area contributed by atoms with Crippen molar-refractivity contribution in [3.8, 4) is 5.75 Å². The fraction of sp³-hybridized carbons (Fsp3) is 0.625. The molecular formula is C16H20Br2O. The molecule has 1 aromatic rings. The van der Waals surface area contributed by atoms with Gasteiger partial charge in [-0.2, -0.15) is 0 Å². The summed E-state index contributed by atoms with van der Waals surface area (Å²) in [7, 11) is 1.75. The van der Waals surface area contributed by atoms with E-state index in [1.54, 1.807) is 7.11 Å². The topological polar surface area (TPSA) is 9.23 Å². The molecule has 2 fully saturated rings. The highest BCUT2D eigenvalue weighted by Crippen LogP contribution is 2.52. The Labute approximate surface area is 132 Å². The lowest BCUT2D eigenvalue weighted by Gasteiger charge is -2.25. The van der Waals surface area contributed by atoms with Crippen LogP contribution in [0.15, 0.2) is 22.7 Å². The average molecular weight is 388 g/mol. The zero-order valence-corrected chi connectivity index (χ0v) is 14.4. The van der Waals surface area contributed by atoms with E-state index in [-0.39, 0.29) is 0 Å². The van der Waals surface area contributed by atoms with Crippen LogP contribution in [-0.4, -0.2) is 7.11 Å². The Balaban J connectivity index is 1.73. The number of fused-ring (bicyclic) bond motifs is 2. The van der Waals surface area contributed by atoms with E-state index < -0.39 is 0 Å². The minimum absolute atomic E-state index is 0.407. The monoisotopic (exact) mass is 386 g/mol. The molecule has 0 amide bonds. The van der Waals surface area contributed by atoms with E-state index in [2.05, 4.69) is 44.0 Å². The molecule has 3 heteroatoms. The molecule has 4 unspecified atom stereocenters. The Morgan fingerprint density at radius 1 is 1.32 bits per heavy atom. The van der Waals surface area contributed by atoms with Gasteiger partial charge in [0.05, 0.1) is 7.11 Å². The van der Waals surface area contributed by atoms with E-state index in [4.69, 9.17) is 4.74 Å². The van der Waals surface area contributed by atoms with Gasteiger partial charge in [0.1, 0.15) is 5.75 Å². The molecule has 0 spiro atoms. The molecule has 0 N–H and O–H groups in total. The van der Waals surface area contributed by atoms with Crippen LogP contribution >= 0.6 is 31.9 Å². The van der Waals surface area contributed by atoms with Gasteiger partial charge >= 0.3 is 0 Å². The van der Waals surface area contributed by atoms with Gasteiger partial charge in [-0.05, 0) is 61.6 Å². The van der Waals surface area contributed by atoms with E-state index >= 15 is 0 Å². The predicted octanol–water partition coefficient (Wildman–Crippen LogP) is 5.72. The third-order valence-electron chi connectivity index (χ3n) is 4.92. The van der Waals surface area contributed by atoms with Crippen molar-refractivity contribution in [3.63, 3.8) is 0 Å². The minimum Gasteiger partial charge on any atom is -0.496 e. The zero-order valence-electron chi connectivity index (χ0n) is 11.2. The summed E-state index contributed by atoms with van der Waals surface area (Å²) in [4.78, 5) is 0.407. The molecule has 3 rings (SSSR count). The van der Waals surface area contributed by atoms with Crippen LogP contribution in [0.4, 0.5) is 0 Å². The molecule has 0 aromatic heterocycles.